The minimum atomic E-state index is -0.898. The van der Waals surface area contributed by atoms with Gasteiger partial charge in [0, 0.05) is 48.9 Å². The highest BCUT2D eigenvalue weighted by Gasteiger charge is 2.23. The number of methoxy groups -OCH3 is 1. The van der Waals surface area contributed by atoms with Crippen LogP contribution in [0.5, 0.6) is 5.75 Å². The Hall–Kier alpha value is -4.20. The SMILES string of the molecule is COc1ccc(-c2cc(-c3cnc4ccccc4c3)nc(N3CCN(C(=O)O)CC3)n2)cc1. The molecular weight excluding hydrogens is 418 g/mol. The summed E-state index contributed by atoms with van der Waals surface area (Å²) in [5.74, 6) is 1.35. The summed E-state index contributed by atoms with van der Waals surface area (Å²) in [6.07, 6.45) is 0.930. The van der Waals surface area contributed by atoms with E-state index in [-0.39, 0.29) is 0 Å². The van der Waals surface area contributed by atoms with E-state index in [0.29, 0.717) is 32.1 Å². The number of aromatic nitrogens is 3. The van der Waals surface area contributed by atoms with E-state index in [1.807, 2.05) is 65.7 Å². The number of ether oxygens (including phenoxy) is 1. The molecule has 1 saturated heterocycles. The molecule has 2 aromatic carbocycles. The number of benzene rings is 2. The molecule has 0 aliphatic carbocycles. The van der Waals surface area contributed by atoms with Crippen molar-refractivity contribution in [3.8, 4) is 28.3 Å². The third kappa shape index (κ3) is 4.27. The van der Waals surface area contributed by atoms with E-state index in [1.54, 1.807) is 7.11 Å². The lowest BCUT2D eigenvalue weighted by atomic mass is 10.1. The van der Waals surface area contributed by atoms with E-state index in [9.17, 15) is 9.90 Å². The number of amides is 1. The van der Waals surface area contributed by atoms with Gasteiger partial charge in [0.1, 0.15) is 5.75 Å². The van der Waals surface area contributed by atoms with Gasteiger partial charge in [0.25, 0.3) is 0 Å². The number of fused-ring (bicyclic) bond motifs is 1. The third-order valence-electron chi connectivity index (χ3n) is 5.82. The summed E-state index contributed by atoms with van der Waals surface area (Å²) in [5.41, 5.74) is 4.32. The van der Waals surface area contributed by atoms with Crippen molar-refractivity contribution in [2.24, 2.45) is 0 Å². The van der Waals surface area contributed by atoms with E-state index in [1.165, 1.54) is 4.90 Å². The molecule has 0 radical (unpaired) electrons. The molecule has 8 nitrogen and oxygen atoms in total. The molecule has 1 aliphatic heterocycles. The zero-order valence-corrected chi connectivity index (χ0v) is 18.2. The Morgan fingerprint density at radius 1 is 0.909 bits per heavy atom. The van der Waals surface area contributed by atoms with Crippen molar-refractivity contribution < 1.29 is 14.6 Å². The van der Waals surface area contributed by atoms with Gasteiger partial charge in [-0.2, -0.15) is 0 Å². The van der Waals surface area contributed by atoms with Gasteiger partial charge >= 0.3 is 6.09 Å². The first-order chi connectivity index (χ1) is 16.1. The smallest absolute Gasteiger partial charge is 0.407 e. The first-order valence-electron chi connectivity index (χ1n) is 10.7. The maximum Gasteiger partial charge on any atom is 0.407 e. The molecule has 2 aromatic heterocycles. The van der Waals surface area contributed by atoms with Crippen LogP contribution < -0.4 is 9.64 Å². The number of carboxylic acid groups (broad SMARTS) is 1. The number of anilines is 1. The minimum Gasteiger partial charge on any atom is -0.497 e. The standard InChI is InChI=1S/C25H23N5O3/c1-33-20-8-6-17(7-9-20)22-15-23(19-14-18-4-2-3-5-21(18)26-16-19)28-24(27-22)29-10-12-30(13-11-29)25(31)32/h2-9,14-16H,10-13H2,1H3,(H,31,32). The quantitative estimate of drug-likeness (QED) is 0.508. The number of rotatable bonds is 4. The monoisotopic (exact) mass is 441 g/mol. The van der Waals surface area contributed by atoms with Crippen molar-refractivity contribution in [3.05, 3.63) is 66.9 Å². The van der Waals surface area contributed by atoms with Gasteiger partial charge < -0.3 is 19.6 Å². The van der Waals surface area contributed by atoms with Crippen LogP contribution in [0.1, 0.15) is 0 Å². The van der Waals surface area contributed by atoms with Gasteiger partial charge in [-0.1, -0.05) is 18.2 Å². The highest BCUT2D eigenvalue weighted by molar-refractivity contribution is 5.83. The van der Waals surface area contributed by atoms with Gasteiger partial charge in [0.05, 0.1) is 24.0 Å². The average molecular weight is 441 g/mol. The van der Waals surface area contributed by atoms with E-state index in [2.05, 4.69) is 11.1 Å². The van der Waals surface area contributed by atoms with Crippen LogP contribution in [0, 0.1) is 0 Å². The van der Waals surface area contributed by atoms with Crippen molar-refractivity contribution in [1.29, 1.82) is 0 Å². The van der Waals surface area contributed by atoms with E-state index < -0.39 is 6.09 Å². The second kappa shape index (κ2) is 8.74. The van der Waals surface area contributed by atoms with Crippen molar-refractivity contribution >= 4 is 22.9 Å². The number of pyridine rings is 1. The van der Waals surface area contributed by atoms with Crippen molar-refractivity contribution in [2.45, 2.75) is 0 Å². The van der Waals surface area contributed by atoms with Crippen LogP contribution in [0.3, 0.4) is 0 Å². The Balaban J connectivity index is 1.57. The Labute approximate surface area is 191 Å². The molecule has 0 saturated carbocycles. The predicted octanol–water partition coefficient (Wildman–Crippen LogP) is 4.17. The molecule has 3 heterocycles. The van der Waals surface area contributed by atoms with Crippen LogP contribution in [0.4, 0.5) is 10.7 Å². The molecule has 166 valence electrons. The average Bonchev–Trinajstić information content (AvgIpc) is 2.88. The van der Waals surface area contributed by atoms with Gasteiger partial charge in [0.15, 0.2) is 0 Å². The second-order valence-electron chi connectivity index (χ2n) is 7.84. The summed E-state index contributed by atoms with van der Waals surface area (Å²) in [6.45, 7) is 1.90. The predicted molar refractivity (Wildman–Crippen MR) is 127 cm³/mol. The van der Waals surface area contributed by atoms with Gasteiger partial charge in [-0.05, 0) is 42.5 Å². The fourth-order valence-corrected chi connectivity index (χ4v) is 3.94. The number of piperazine rings is 1. The summed E-state index contributed by atoms with van der Waals surface area (Å²) in [5, 5.41) is 10.3. The number of carbonyl (C=O) groups is 1. The highest BCUT2D eigenvalue weighted by atomic mass is 16.5. The molecule has 8 heteroatoms. The number of hydrogen-bond acceptors (Lipinski definition) is 6. The summed E-state index contributed by atoms with van der Waals surface area (Å²) in [6, 6.07) is 19.8. The molecule has 1 fully saturated rings. The van der Waals surface area contributed by atoms with Gasteiger partial charge in [-0.3, -0.25) is 4.98 Å². The second-order valence-corrected chi connectivity index (χ2v) is 7.84. The molecule has 4 aromatic rings. The van der Waals surface area contributed by atoms with E-state index in [0.717, 1.165) is 39.2 Å². The maximum absolute atomic E-state index is 11.3. The zero-order chi connectivity index (χ0) is 22.8. The summed E-state index contributed by atoms with van der Waals surface area (Å²) in [7, 11) is 1.64. The van der Waals surface area contributed by atoms with Gasteiger partial charge in [0.2, 0.25) is 5.95 Å². The molecule has 0 unspecified atom stereocenters. The molecule has 1 amide bonds. The molecule has 5 rings (SSSR count). The molecular formula is C25H23N5O3. The zero-order valence-electron chi connectivity index (χ0n) is 18.2. The summed E-state index contributed by atoms with van der Waals surface area (Å²) < 4.78 is 5.29. The fourth-order valence-electron chi connectivity index (χ4n) is 3.94. The first-order valence-corrected chi connectivity index (χ1v) is 10.7. The highest BCUT2D eigenvalue weighted by Crippen LogP contribution is 2.29. The van der Waals surface area contributed by atoms with Crippen molar-refractivity contribution in [1.82, 2.24) is 19.9 Å². The van der Waals surface area contributed by atoms with Crippen molar-refractivity contribution in [3.63, 3.8) is 0 Å². The van der Waals surface area contributed by atoms with Gasteiger partial charge in [-0.15, -0.1) is 0 Å². The Morgan fingerprint density at radius 2 is 1.61 bits per heavy atom. The van der Waals surface area contributed by atoms with E-state index in [4.69, 9.17) is 14.7 Å². The molecule has 1 N–H and O–H groups in total. The number of para-hydroxylation sites is 1. The lowest BCUT2D eigenvalue weighted by Crippen LogP contribution is -2.48. The van der Waals surface area contributed by atoms with Crippen LogP contribution in [0.25, 0.3) is 33.4 Å². The molecule has 0 spiro atoms. The van der Waals surface area contributed by atoms with Crippen LogP contribution in [-0.4, -0.2) is 64.3 Å². The largest absolute Gasteiger partial charge is 0.497 e. The maximum atomic E-state index is 11.3. The molecule has 33 heavy (non-hydrogen) atoms. The molecule has 0 atom stereocenters. The van der Waals surface area contributed by atoms with E-state index >= 15 is 0 Å². The van der Waals surface area contributed by atoms with Crippen LogP contribution in [0.2, 0.25) is 0 Å². The van der Waals surface area contributed by atoms with Crippen LogP contribution in [0.15, 0.2) is 66.9 Å². The Morgan fingerprint density at radius 3 is 2.30 bits per heavy atom. The topological polar surface area (TPSA) is 91.7 Å². The summed E-state index contributed by atoms with van der Waals surface area (Å²) >= 11 is 0. The van der Waals surface area contributed by atoms with Gasteiger partial charge in [-0.25, -0.2) is 14.8 Å². The Kier molecular flexibility index (Phi) is 5.48. The molecule has 1 aliphatic rings. The number of nitrogens with zero attached hydrogens (tertiary/aromatic N) is 5. The van der Waals surface area contributed by atoms with Crippen LogP contribution in [-0.2, 0) is 0 Å². The lowest BCUT2D eigenvalue weighted by Gasteiger charge is -2.33. The Bertz CT molecular complexity index is 1300. The third-order valence-corrected chi connectivity index (χ3v) is 5.82. The summed E-state index contributed by atoms with van der Waals surface area (Å²) in [4.78, 5) is 29.0. The van der Waals surface area contributed by atoms with Crippen molar-refractivity contribution in [2.75, 3.05) is 38.2 Å². The first kappa shape index (κ1) is 20.7. The number of hydrogen-bond donors (Lipinski definition) is 1. The minimum absolute atomic E-state index is 0.415. The van der Waals surface area contributed by atoms with Crippen LogP contribution >= 0.6 is 0 Å². The molecule has 0 bridgehead atoms. The fraction of sp³-hybridized carbons (Fsp3) is 0.200. The lowest BCUT2D eigenvalue weighted by molar-refractivity contribution is 0.142. The normalized spacial score (nSPS) is 13.8.